The second-order valence-electron chi connectivity index (χ2n) is 2.72. The number of carboxylic acid groups (broad SMARTS) is 1. The molecule has 0 bridgehead atoms. The number of nitrogens with zero attached hydrogens (tertiary/aromatic N) is 2. The molecule has 1 rings (SSSR count). The molecule has 0 fully saturated rings. The molecule has 0 saturated heterocycles. The minimum absolute atomic E-state index is 0.0579. The number of hydrogen-bond donors (Lipinski definition) is 2. The molecule has 0 aliphatic carbocycles. The van der Waals surface area contributed by atoms with Gasteiger partial charge in [-0.1, -0.05) is 0 Å². The SMILES string of the molecule is CCn1ccc(CC(O)C(=O)O)n1. The fourth-order valence-electron chi connectivity index (χ4n) is 0.974. The Morgan fingerprint density at radius 1 is 1.77 bits per heavy atom. The topological polar surface area (TPSA) is 75.4 Å². The van der Waals surface area contributed by atoms with Crippen molar-refractivity contribution in [1.29, 1.82) is 0 Å². The van der Waals surface area contributed by atoms with Gasteiger partial charge in [0.2, 0.25) is 0 Å². The summed E-state index contributed by atoms with van der Waals surface area (Å²) in [5, 5.41) is 21.5. The molecule has 1 unspecified atom stereocenters. The van der Waals surface area contributed by atoms with Crippen LogP contribution < -0.4 is 0 Å². The molecular weight excluding hydrogens is 172 g/mol. The van der Waals surface area contributed by atoms with Gasteiger partial charge in [0.25, 0.3) is 0 Å². The van der Waals surface area contributed by atoms with E-state index in [4.69, 9.17) is 10.2 Å². The lowest BCUT2D eigenvalue weighted by atomic mass is 10.2. The lowest BCUT2D eigenvalue weighted by Gasteiger charge is -2.01. The quantitative estimate of drug-likeness (QED) is 0.684. The molecule has 72 valence electrons. The zero-order valence-corrected chi connectivity index (χ0v) is 7.34. The van der Waals surface area contributed by atoms with E-state index < -0.39 is 12.1 Å². The fourth-order valence-corrected chi connectivity index (χ4v) is 0.974. The average Bonchev–Trinajstić information content (AvgIpc) is 2.52. The van der Waals surface area contributed by atoms with Crippen molar-refractivity contribution in [2.24, 2.45) is 0 Å². The number of aliphatic carboxylic acids is 1. The Balaban J connectivity index is 2.58. The predicted octanol–water partition coefficient (Wildman–Crippen LogP) is -0.109. The van der Waals surface area contributed by atoms with Crippen molar-refractivity contribution in [3.63, 3.8) is 0 Å². The van der Waals surface area contributed by atoms with Crippen molar-refractivity contribution in [2.75, 3.05) is 0 Å². The summed E-state index contributed by atoms with van der Waals surface area (Å²) in [5.41, 5.74) is 0.594. The average molecular weight is 184 g/mol. The van der Waals surface area contributed by atoms with Crippen molar-refractivity contribution < 1.29 is 15.0 Å². The van der Waals surface area contributed by atoms with Crippen molar-refractivity contribution in [3.05, 3.63) is 18.0 Å². The number of aliphatic hydroxyl groups is 1. The first-order chi connectivity index (χ1) is 6.13. The van der Waals surface area contributed by atoms with Gasteiger partial charge >= 0.3 is 5.97 Å². The van der Waals surface area contributed by atoms with Gasteiger partial charge in [-0.2, -0.15) is 5.10 Å². The Kier molecular flexibility index (Phi) is 3.02. The highest BCUT2D eigenvalue weighted by Crippen LogP contribution is 2.00. The lowest BCUT2D eigenvalue weighted by Crippen LogP contribution is -2.22. The molecule has 0 aliphatic heterocycles. The summed E-state index contributed by atoms with van der Waals surface area (Å²) in [7, 11) is 0. The highest BCUT2D eigenvalue weighted by atomic mass is 16.4. The van der Waals surface area contributed by atoms with Crippen LogP contribution in [-0.2, 0) is 17.8 Å². The molecule has 0 amide bonds. The molecule has 0 aliphatic rings. The van der Waals surface area contributed by atoms with Crippen molar-refractivity contribution in [1.82, 2.24) is 9.78 Å². The first-order valence-electron chi connectivity index (χ1n) is 4.06. The number of carbonyl (C=O) groups is 1. The molecule has 0 spiro atoms. The van der Waals surface area contributed by atoms with Crippen LogP contribution in [0.5, 0.6) is 0 Å². The smallest absolute Gasteiger partial charge is 0.332 e. The van der Waals surface area contributed by atoms with Gasteiger partial charge in [0.15, 0.2) is 6.10 Å². The number of aromatic nitrogens is 2. The number of rotatable bonds is 4. The molecule has 1 aromatic rings. The zero-order chi connectivity index (χ0) is 9.84. The molecule has 2 N–H and O–H groups in total. The van der Waals surface area contributed by atoms with E-state index in [9.17, 15) is 4.79 Å². The van der Waals surface area contributed by atoms with Crippen molar-refractivity contribution in [2.45, 2.75) is 26.0 Å². The second-order valence-corrected chi connectivity index (χ2v) is 2.72. The maximum Gasteiger partial charge on any atom is 0.332 e. The van der Waals surface area contributed by atoms with Gasteiger partial charge in [0, 0.05) is 19.2 Å². The van der Waals surface area contributed by atoms with Gasteiger partial charge in [-0.25, -0.2) is 4.79 Å². The minimum Gasteiger partial charge on any atom is -0.479 e. The van der Waals surface area contributed by atoms with Crippen LogP contribution in [0.1, 0.15) is 12.6 Å². The molecule has 5 nitrogen and oxygen atoms in total. The van der Waals surface area contributed by atoms with Crippen LogP contribution in [0.4, 0.5) is 0 Å². The van der Waals surface area contributed by atoms with Crippen molar-refractivity contribution in [3.8, 4) is 0 Å². The highest BCUT2D eigenvalue weighted by Gasteiger charge is 2.14. The van der Waals surface area contributed by atoms with Crippen LogP contribution in [0.15, 0.2) is 12.3 Å². The minimum atomic E-state index is -1.36. The van der Waals surface area contributed by atoms with E-state index in [-0.39, 0.29) is 6.42 Å². The van der Waals surface area contributed by atoms with E-state index in [0.29, 0.717) is 5.69 Å². The van der Waals surface area contributed by atoms with Crippen LogP contribution in [0.2, 0.25) is 0 Å². The van der Waals surface area contributed by atoms with E-state index >= 15 is 0 Å². The first-order valence-corrected chi connectivity index (χ1v) is 4.06. The summed E-state index contributed by atoms with van der Waals surface area (Å²) >= 11 is 0. The van der Waals surface area contributed by atoms with Crippen LogP contribution in [0, 0.1) is 0 Å². The largest absolute Gasteiger partial charge is 0.479 e. The van der Waals surface area contributed by atoms with Gasteiger partial charge in [-0.3, -0.25) is 4.68 Å². The number of aryl methyl sites for hydroxylation is 1. The summed E-state index contributed by atoms with van der Waals surface area (Å²) in [5.74, 6) is -1.22. The molecule has 1 heterocycles. The van der Waals surface area contributed by atoms with Gasteiger partial charge in [-0.05, 0) is 13.0 Å². The van der Waals surface area contributed by atoms with Gasteiger partial charge < -0.3 is 10.2 Å². The molecule has 13 heavy (non-hydrogen) atoms. The third-order valence-electron chi connectivity index (χ3n) is 1.71. The summed E-state index contributed by atoms with van der Waals surface area (Å²) in [6, 6.07) is 1.70. The van der Waals surface area contributed by atoms with Gasteiger partial charge in [0.1, 0.15) is 0 Å². The summed E-state index contributed by atoms with van der Waals surface area (Å²) in [6.07, 6.45) is 0.451. The van der Waals surface area contributed by atoms with Gasteiger partial charge in [0.05, 0.1) is 5.69 Å². The Hall–Kier alpha value is -1.36. The third-order valence-corrected chi connectivity index (χ3v) is 1.71. The van der Waals surface area contributed by atoms with E-state index in [1.807, 2.05) is 6.92 Å². The molecule has 0 saturated carbocycles. The third kappa shape index (κ3) is 2.55. The van der Waals surface area contributed by atoms with Crippen LogP contribution in [0.25, 0.3) is 0 Å². The number of carboxylic acids is 1. The Morgan fingerprint density at radius 3 is 2.92 bits per heavy atom. The standard InChI is InChI=1S/C8H12N2O3/c1-2-10-4-3-6(9-10)5-7(11)8(12)13/h3-4,7,11H,2,5H2,1H3,(H,12,13). The summed E-state index contributed by atoms with van der Waals surface area (Å²) in [6.45, 7) is 2.67. The Labute approximate surface area is 75.6 Å². The predicted molar refractivity (Wildman–Crippen MR) is 45.2 cm³/mol. The molecular formula is C8H12N2O3. The first kappa shape index (κ1) is 9.73. The normalized spacial score (nSPS) is 12.8. The highest BCUT2D eigenvalue weighted by molar-refractivity contribution is 5.72. The van der Waals surface area contributed by atoms with E-state index in [1.165, 1.54) is 0 Å². The van der Waals surface area contributed by atoms with Crippen LogP contribution >= 0.6 is 0 Å². The Bertz CT molecular complexity index is 295. The summed E-state index contributed by atoms with van der Waals surface area (Å²) in [4.78, 5) is 10.3. The number of aliphatic hydroxyl groups excluding tert-OH is 1. The maximum atomic E-state index is 10.3. The molecule has 1 atom stereocenters. The van der Waals surface area contributed by atoms with E-state index in [2.05, 4.69) is 5.10 Å². The Morgan fingerprint density at radius 2 is 2.46 bits per heavy atom. The van der Waals surface area contributed by atoms with Crippen molar-refractivity contribution >= 4 is 5.97 Å². The van der Waals surface area contributed by atoms with E-state index in [1.54, 1.807) is 16.9 Å². The maximum absolute atomic E-state index is 10.3. The van der Waals surface area contributed by atoms with Gasteiger partial charge in [-0.15, -0.1) is 0 Å². The molecule has 0 aromatic carbocycles. The lowest BCUT2D eigenvalue weighted by molar-refractivity contribution is -0.146. The summed E-state index contributed by atoms with van der Waals surface area (Å²) < 4.78 is 1.68. The fraction of sp³-hybridized carbons (Fsp3) is 0.500. The monoisotopic (exact) mass is 184 g/mol. The van der Waals surface area contributed by atoms with Crippen LogP contribution in [0.3, 0.4) is 0 Å². The van der Waals surface area contributed by atoms with E-state index in [0.717, 1.165) is 6.54 Å². The molecule has 1 aromatic heterocycles. The molecule has 0 radical (unpaired) electrons. The zero-order valence-electron chi connectivity index (χ0n) is 7.34. The van der Waals surface area contributed by atoms with Crippen LogP contribution in [-0.4, -0.2) is 32.1 Å². The number of hydrogen-bond acceptors (Lipinski definition) is 3. The second kappa shape index (κ2) is 4.04. The molecule has 5 heteroatoms.